The Hall–Kier alpha value is -3.92. The Morgan fingerprint density at radius 2 is 2.18 bits per heavy atom. The maximum atomic E-state index is 13.2. The zero-order valence-electron chi connectivity index (χ0n) is 18.8. The van der Waals surface area contributed by atoms with Crippen LogP contribution in [-0.4, -0.2) is 63.0 Å². The molecule has 0 spiro atoms. The van der Waals surface area contributed by atoms with Gasteiger partial charge >= 0.3 is 5.97 Å². The van der Waals surface area contributed by atoms with Crippen LogP contribution in [0.15, 0.2) is 59.7 Å². The summed E-state index contributed by atoms with van der Waals surface area (Å²) >= 11 is 0. The molecule has 0 unspecified atom stereocenters. The van der Waals surface area contributed by atoms with Gasteiger partial charge in [0, 0.05) is 42.3 Å². The number of hydrogen-bond acceptors (Lipinski definition) is 7. The van der Waals surface area contributed by atoms with Gasteiger partial charge in [-0.3, -0.25) is 9.69 Å². The molecule has 34 heavy (non-hydrogen) atoms. The molecule has 1 amide bonds. The Labute approximate surface area is 195 Å². The van der Waals surface area contributed by atoms with E-state index in [1.54, 1.807) is 23.4 Å². The van der Waals surface area contributed by atoms with E-state index in [-0.39, 0.29) is 23.7 Å². The fraction of sp³-hybridized carbons (Fsp3) is 0.333. The lowest BCUT2D eigenvalue weighted by atomic mass is 10.1. The highest BCUT2D eigenvalue weighted by Crippen LogP contribution is 2.29. The Kier molecular flexibility index (Phi) is 6.13. The molecule has 0 aliphatic carbocycles. The summed E-state index contributed by atoms with van der Waals surface area (Å²) in [6.07, 6.45) is 8.17. The predicted octanol–water partition coefficient (Wildman–Crippen LogP) is 2.31. The normalized spacial score (nSPS) is 18.4. The molecule has 4 heterocycles. The molecule has 176 valence electrons. The number of carbonyl (C=O) groups is 2. The van der Waals surface area contributed by atoms with Gasteiger partial charge < -0.3 is 19.5 Å². The molecule has 1 aliphatic rings. The van der Waals surface area contributed by atoms with E-state index in [1.807, 2.05) is 30.5 Å². The van der Waals surface area contributed by atoms with Crippen LogP contribution in [-0.2, 0) is 22.5 Å². The summed E-state index contributed by atoms with van der Waals surface area (Å²) in [5.74, 6) is -0.565. The van der Waals surface area contributed by atoms with Crippen LogP contribution in [0.4, 0.5) is 0 Å². The Bertz CT molecular complexity index is 1280. The second kappa shape index (κ2) is 9.52. The second-order valence-corrected chi connectivity index (χ2v) is 8.44. The number of likely N-dealkylation sites (tertiary alicyclic amines) is 1. The number of hydrogen-bond donors (Lipinski definition) is 2. The molecular weight excluding hydrogens is 436 g/mol. The van der Waals surface area contributed by atoms with Crippen LogP contribution in [0.3, 0.4) is 0 Å². The van der Waals surface area contributed by atoms with Gasteiger partial charge in [-0.1, -0.05) is 23.4 Å². The number of rotatable bonds is 8. The second-order valence-electron chi connectivity index (χ2n) is 8.44. The van der Waals surface area contributed by atoms with Gasteiger partial charge in [-0.25, -0.2) is 9.48 Å². The summed E-state index contributed by atoms with van der Waals surface area (Å²) in [4.78, 5) is 30.4. The van der Waals surface area contributed by atoms with Crippen molar-refractivity contribution in [2.45, 2.75) is 31.5 Å². The molecule has 0 bridgehead atoms. The van der Waals surface area contributed by atoms with Crippen LogP contribution in [0.1, 0.15) is 34.1 Å². The average Bonchev–Trinajstić information content (AvgIpc) is 3.65. The van der Waals surface area contributed by atoms with E-state index in [0.717, 1.165) is 17.5 Å². The third kappa shape index (κ3) is 4.44. The number of nitrogens with one attached hydrogen (secondary N) is 2. The number of amides is 1. The smallest absolute Gasteiger partial charge is 0.360 e. The first kappa shape index (κ1) is 21.9. The minimum atomic E-state index is -0.536. The van der Waals surface area contributed by atoms with E-state index < -0.39 is 5.97 Å². The number of H-pyrrole nitrogens is 1. The maximum Gasteiger partial charge on any atom is 0.360 e. The van der Waals surface area contributed by atoms with Gasteiger partial charge in [0.15, 0.2) is 5.69 Å². The highest BCUT2D eigenvalue weighted by molar-refractivity contribution is 5.86. The quantitative estimate of drug-likeness (QED) is 0.386. The summed E-state index contributed by atoms with van der Waals surface area (Å²) < 4.78 is 11.6. The molecule has 4 aromatic rings. The molecule has 0 radical (unpaired) electrons. The van der Waals surface area contributed by atoms with Gasteiger partial charge in [-0.15, -0.1) is 5.10 Å². The SMILES string of the molecule is COC(=O)c1cn([C@H]2C[C@@H](C(=O)NCCc3c[nH]c4ccccc34)N(Cc3ccoc3)C2)nn1. The molecule has 1 fully saturated rings. The highest BCUT2D eigenvalue weighted by atomic mass is 16.5. The lowest BCUT2D eigenvalue weighted by molar-refractivity contribution is -0.125. The van der Waals surface area contributed by atoms with Crippen LogP contribution in [0, 0.1) is 0 Å². The average molecular weight is 463 g/mol. The summed E-state index contributed by atoms with van der Waals surface area (Å²) in [6.45, 7) is 1.71. The Morgan fingerprint density at radius 3 is 3.00 bits per heavy atom. The first-order valence-corrected chi connectivity index (χ1v) is 11.2. The fourth-order valence-corrected chi connectivity index (χ4v) is 4.57. The highest BCUT2D eigenvalue weighted by Gasteiger charge is 2.38. The molecule has 2 atom stereocenters. The number of para-hydroxylation sites is 1. The Balaban J connectivity index is 1.26. The van der Waals surface area contributed by atoms with E-state index >= 15 is 0 Å². The van der Waals surface area contributed by atoms with Gasteiger partial charge in [-0.05, 0) is 30.5 Å². The minimum absolute atomic E-state index is 0.0286. The molecule has 3 aromatic heterocycles. The van der Waals surface area contributed by atoms with Gasteiger partial charge in [0.05, 0.1) is 37.9 Å². The van der Waals surface area contributed by atoms with Gasteiger partial charge in [0.2, 0.25) is 5.91 Å². The maximum absolute atomic E-state index is 13.2. The van der Waals surface area contributed by atoms with Crippen molar-refractivity contribution in [3.05, 3.63) is 72.1 Å². The van der Waals surface area contributed by atoms with Gasteiger partial charge in [0.25, 0.3) is 0 Å². The largest absolute Gasteiger partial charge is 0.472 e. The Morgan fingerprint density at radius 1 is 1.29 bits per heavy atom. The number of aromatic nitrogens is 4. The van der Waals surface area contributed by atoms with Crippen LogP contribution in [0.5, 0.6) is 0 Å². The minimum Gasteiger partial charge on any atom is -0.472 e. The summed E-state index contributed by atoms with van der Waals surface area (Å²) in [5.41, 5.74) is 3.41. The lowest BCUT2D eigenvalue weighted by Crippen LogP contribution is -2.43. The van der Waals surface area contributed by atoms with Crippen molar-refractivity contribution >= 4 is 22.8 Å². The molecule has 2 N–H and O–H groups in total. The third-order valence-corrected chi connectivity index (χ3v) is 6.30. The van der Waals surface area contributed by atoms with Crippen LogP contribution in [0.25, 0.3) is 10.9 Å². The zero-order chi connectivity index (χ0) is 23.5. The molecular formula is C24H26N6O4. The van der Waals surface area contributed by atoms with Crippen molar-refractivity contribution in [3.63, 3.8) is 0 Å². The van der Waals surface area contributed by atoms with E-state index in [9.17, 15) is 9.59 Å². The molecule has 1 saturated heterocycles. The summed E-state index contributed by atoms with van der Waals surface area (Å²) in [6, 6.07) is 9.59. The standard InChI is InChI=1S/C24H26N6O4/c1-33-24(32)21-14-30(28-27-21)18-10-22(29(13-18)12-16-7-9-34-15-16)23(31)25-8-6-17-11-26-20-5-3-2-4-19(17)20/h2-5,7,9,11,14-15,18,22,26H,6,8,10,12-13H2,1H3,(H,25,31)/t18-,22-/m0/s1. The van der Waals surface area contributed by atoms with Crippen LogP contribution >= 0.6 is 0 Å². The van der Waals surface area contributed by atoms with Crippen molar-refractivity contribution in [1.29, 1.82) is 0 Å². The molecule has 5 rings (SSSR count). The number of carbonyl (C=O) groups excluding carboxylic acids is 2. The van der Waals surface area contributed by atoms with E-state index in [1.165, 1.54) is 18.1 Å². The van der Waals surface area contributed by atoms with Crippen LogP contribution in [0.2, 0.25) is 0 Å². The van der Waals surface area contributed by atoms with E-state index in [4.69, 9.17) is 9.15 Å². The molecule has 1 aromatic carbocycles. The number of fused-ring (bicyclic) bond motifs is 1. The number of aromatic amines is 1. The topological polar surface area (TPSA) is 118 Å². The number of benzene rings is 1. The van der Waals surface area contributed by atoms with E-state index in [0.29, 0.717) is 26.1 Å². The van der Waals surface area contributed by atoms with Gasteiger partial charge in [-0.2, -0.15) is 0 Å². The first-order valence-electron chi connectivity index (χ1n) is 11.2. The van der Waals surface area contributed by atoms with E-state index in [2.05, 4.69) is 31.6 Å². The van der Waals surface area contributed by atoms with Crippen molar-refractivity contribution in [3.8, 4) is 0 Å². The number of esters is 1. The van der Waals surface area contributed by atoms with Crippen molar-refractivity contribution < 1.29 is 18.7 Å². The third-order valence-electron chi connectivity index (χ3n) is 6.30. The van der Waals surface area contributed by atoms with Crippen molar-refractivity contribution in [1.82, 2.24) is 30.2 Å². The molecule has 10 nitrogen and oxygen atoms in total. The number of furan rings is 1. The van der Waals surface area contributed by atoms with Crippen molar-refractivity contribution in [2.24, 2.45) is 0 Å². The molecule has 10 heteroatoms. The van der Waals surface area contributed by atoms with Crippen LogP contribution < -0.4 is 5.32 Å². The zero-order valence-corrected chi connectivity index (χ0v) is 18.8. The number of nitrogens with zero attached hydrogens (tertiary/aromatic N) is 4. The first-order chi connectivity index (χ1) is 16.6. The summed E-state index contributed by atoms with van der Waals surface area (Å²) in [5, 5.41) is 12.3. The van der Waals surface area contributed by atoms with Gasteiger partial charge in [0.1, 0.15) is 0 Å². The molecule has 1 aliphatic heterocycles. The lowest BCUT2D eigenvalue weighted by Gasteiger charge is -2.22. The fourth-order valence-electron chi connectivity index (χ4n) is 4.57. The monoisotopic (exact) mass is 462 g/mol. The predicted molar refractivity (Wildman–Crippen MR) is 123 cm³/mol. The number of ether oxygens (including phenoxy) is 1. The number of methoxy groups -OCH3 is 1. The summed E-state index contributed by atoms with van der Waals surface area (Å²) in [7, 11) is 1.31. The van der Waals surface area contributed by atoms with Crippen molar-refractivity contribution in [2.75, 3.05) is 20.2 Å². The molecule has 0 saturated carbocycles.